The molecule has 4 rings (SSSR count). The highest BCUT2D eigenvalue weighted by Gasteiger charge is 2.37. The summed E-state index contributed by atoms with van der Waals surface area (Å²) in [5.41, 5.74) is 2.12. The van der Waals surface area contributed by atoms with Crippen LogP contribution in [0.2, 0.25) is 0 Å². The van der Waals surface area contributed by atoms with Gasteiger partial charge in [-0.15, -0.1) is 10.2 Å². The average molecular weight is 495 g/mol. The quantitative estimate of drug-likeness (QED) is 0.260. The first kappa shape index (κ1) is 24.5. The van der Waals surface area contributed by atoms with E-state index in [2.05, 4.69) is 15.2 Å². The zero-order chi connectivity index (χ0) is 24.9. The second kappa shape index (κ2) is 10.7. The van der Waals surface area contributed by atoms with Gasteiger partial charge in [0.25, 0.3) is 0 Å². The van der Waals surface area contributed by atoms with Gasteiger partial charge in [-0.3, -0.25) is 14.5 Å². The monoisotopic (exact) mass is 494 g/mol. The molecule has 0 unspecified atom stereocenters. The lowest BCUT2D eigenvalue weighted by Crippen LogP contribution is -2.37. The predicted octanol–water partition coefficient (Wildman–Crippen LogP) is 4.81. The number of carbonyl (C=O) groups is 2. The molecule has 0 saturated carbocycles. The van der Waals surface area contributed by atoms with E-state index in [0.29, 0.717) is 40.0 Å². The number of anilines is 1. The van der Waals surface area contributed by atoms with E-state index in [1.165, 1.54) is 11.8 Å². The van der Waals surface area contributed by atoms with E-state index in [-0.39, 0.29) is 30.4 Å². The van der Waals surface area contributed by atoms with Crippen LogP contribution in [0.5, 0.6) is 17.4 Å². The van der Waals surface area contributed by atoms with Gasteiger partial charge in [-0.1, -0.05) is 49.9 Å². The Labute approximate surface area is 207 Å². The molecular weight excluding hydrogens is 468 g/mol. The van der Waals surface area contributed by atoms with Crippen molar-refractivity contribution in [1.82, 2.24) is 15.2 Å². The smallest absolute Gasteiger partial charge is 0.311 e. The number of benzene rings is 2. The lowest BCUT2D eigenvalue weighted by atomic mass is 10.1. The molecule has 2 heterocycles. The maximum atomic E-state index is 13.4. The number of hydrogen-bond donors (Lipinski definition) is 0. The minimum absolute atomic E-state index is 0.170. The molecule has 0 fully saturated rings. The van der Waals surface area contributed by atoms with Crippen molar-refractivity contribution in [1.29, 1.82) is 0 Å². The molecule has 1 aliphatic heterocycles. The summed E-state index contributed by atoms with van der Waals surface area (Å²) in [5, 5.41) is 8.97. The van der Waals surface area contributed by atoms with E-state index in [1.54, 1.807) is 36.9 Å². The first-order valence-corrected chi connectivity index (χ1v) is 12.6. The van der Waals surface area contributed by atoms with Gasteiger partial charge in [0.1, 0.15) is 0 Å². The maximum absolute atomic E-state index is 13.4. The summed E-state index contributed by atoms with van der Waals surface area (Å²) in [6.07, 6.45) is 1.22. The first-order chi connectivity index (χ1) is 17.0. The molecule has 0 N–H and O–H groups in total. The van der Waals surface area contributed by atoms with Crippen molar-refractivity contribution in [3.05, 3.63) is 48.0 Å². The van der Waals surface area contributed by atoms with Gasteiger partial charge in [0.05, 0.1) is 17.9 Å². The standard InChI is InChI=1S/C25H26N4O5S/c1-5-19(30)29-17-13-9-8-11-15(17)21-23(26-25(35-4)28-27-21)34-24(29)16-12-10-14-18(32-7-3)22(16)33-20(31)6-2/h8-14,24H,5-7H2,1-4H3/t24-/m0/s1. The molecule has 3 aromatic rings. The van der Waals surface area contributed by atoms with E-state index < -0.39 is 12.2 Å². The number of aromatic nitrogens is 3. The fraction of sp³-hybridized carbons (Fsp3) is 0.320. The van der Waals surface area contributed by atoms with E-state index in [9.17, 15) is 9.59 Å². The molecule has 0 bridgehead atoms. The second-order valence-electron chi connectivity index (χ2n) is 7.49. The van der Waals surface area contributed by atoms with Gasteiger partial charge in [0.2, 0.25) is 23.2 Å². The fourth-order valence-corrected chi connectivity index (χ4v) is 4.03. The number of para-hydroxylation sites is 2. The molecule has 2 aromatic carbocycles. The van der Waals surface area contributed by atoms with Crippen LogP contribution in [0.25, 0.3) is 11.3 Å². The summed E-state index contributed by atoms with van der Waals surface area (Å²) < 4.78 is 17.9. The Morgan fingerprint density at radius 2 is 1.86 bits per heavy atom. The lowest BCUT2D eigenvalue weighted by molar-refractivity contribution is -0.134. The molecule has 0 radical (unpaired) electrons. The molecule has 9 nitrogen and oxygen atoms in total. The van der Waals surface area contributed by atoms with Crippen molar-refractivity contribution < 1.29 is 23.8 Å². The van der Waals surface area contributed by atoms with Crippen molar-refractivity contribution >= 4 is 29.3 Å². The Kier molecular flexibility index (Phi) is 7.50. The zero-order valence-electron chi connectivity index (χ0n) is 20.0. The van der Waals surface area contributed by atoms with Gasteiger partial charge < -0.3 is 14.2 Å². The van der Waals surface area contributed by atoms with Crippen LogP contribution in [0.3, 0.4) is 0 Å². The minimum Gasteiger partial charge on any atom is -0.490 e. The molecule has 1 aliphatic rings. The summed E-state index contributed by atoms with van der Waals surface area (Å²) >= 11 is 1.33. The number of esters is 1. The highest BCUT2D eigenvalue weighted by Crippen LogP contribution is 2.46. The summed E-state index contributed by atoms with van der Waals surface area (Å²) in [7, 11) is 0. The van der Waals surface area contributed by atoms with Crippen molar-refractivity contribution in [3.8, 4) is 28.6 Å². The number of hydrogen-bond acceptors (Lipinski definition) is 9. The van der Waals surface area contributed by atoms with Crippen molar-refractivity contribution in [2.24, 2.45) is 0 Å². The minimum atomic E-state index is -1.00. The Bertz CT molecular complexity index is 1250. The largest absolute Gasteiger partial charge is 0.490 e. The number of amides is 1. The molecule has 35 heavy (non-hydrogen) atoms. The van der Waals surface area contributed by atoms with Gasteiger partial charge in [0, 0.05) is 18.4 Å². The number of rotatable bonds is 7. The van der Waals surface area contributed by atoms with E-state index in [1.807, 2.05) is 37.4 Å². The molecule has 10 heteroatoms. The molecule has 182 valence electrons. The summed E-state index contributed by atoms with van der Waals surface area (Å²) in [5.74, 6) is 0.177. The Balaban J connectivity index is 1.99. The van der Waals surface area contributed by atoms with Gasteiger partial charge in [-0.25, -0.2) is 0 Å². The van der Waals surface area contributed by atoms with Crippen molar-refractivity contribution in [2.45, 2.75) is 45.0 Å². The van der Waals surface area contributed by atoms with Crippen molar-refractivity contribution in [3.63, 3.8) is 0 Å². The number of thioether (sulfide) groups is 1. The normalized spacial score (nSPS) is 14.3. The summed E-state index contributed by atoms with van der Waals surface area (Å²) in [6, 6.07) is 12.6. The molecule has 1 amide bonds. The van der Waals surface area contributed by atoms with Crippen LogP contribution in [-0.2, 0) is 9.59 Å². The Morgan fingerprint density at radius 1 is 1.06 bits per heavy atom. The van der Waals surface area contributed by atoms with Gasteiger partial charge >= 0.3 is 5.97 Å². The van der Waals surface area contributed by atoms with Gasteiger partial charge in [0.15, 0.2) is 17.2 Å². The van der Waals surface area contributed by atoms with Crippen LogP contribution in [0, 0.1) is 0 Å². The Hall–Kier alpha value is -3.66. The van der Waals surface area contributed by atoms with Crippen LogP contribution in [-0.4, -0.2) is 39.9 Å². The number of ether oxygens (including phenoxy) is 3. The number of carbonyl (C=O) groups excluding carboxylic acids is 2. The molecular formula is C25H26N4O5S. The predicted molar refractivity (Wildman–Crippen MR) is 132 cm³/mol. The SMILES string of the molecule is CCOc1cccc([C@@H]2Oc3nc(SC)nnc3-c3ccccc3N2C(=O)CC)c1OC(=O)CC. The van der Waals surface area contributed by atoms with Crippen LogP contribution >= 0.6 is 11.8 Å². The van der Waals surface area contributed by atoms with E-state index in [4.69, 9.17) is 14.2 Å². The highest BCUT2D eigenvalue weighted by atomic mass is 32.2. The third kappa shape index (κ3) is 4.79. The van der Waals surface area contributed by atoms with E-state index in [0.717, 1.165) is 0 Å². The summed E-state index contributed by atoms with van der Waals surface area (Å²) in [6.45, 7) is 5.69. The molecule has 0 saturated heterocycles. The molecule has 1 atom stereocenters. The number of fused-ring (bicyclic) bond motifs is 3. The third-order valence-corrected chi connectivity index (χ3v) is 5.88. The van der Waals surface area contributed by atoms with Crippen LogP contribution in [0.15, 0.2) is 47.6 Å². The number of nitrogens with zero attached hydrogens (tertiary/aromatic N) is 4. The van der Waals surface area contributed by atoms with Gasteiger partial charge in [-0.2, -0.15) is 4.98 Å². The topological polar surface area (TPSA) is 104 Å². The molecule has 0 spiro atoms. The Morgan fingerprint density at radius 3 is 2.57 bits per heavy atom. The fourth-order valence-electron chi connectivity index (χ4n) is 3.73. The maximum Gasteiger partial charge on any atom is 0.311 e. The highest BCUT2D eigenvalue weighted by molar-refractivity contribution is 7.98. The second-order valence-corrected chi connectivity index (χ2v) is 8.27. The average Bonchev–Trinajstić information content (AvgIpc) is 3.03. The van der Waals surface area contributed by atoms with Crippen molar-refractivity contribution in [2.75, 3.05) is 17.8 Å². The zero-order valence-corrected chi connectivity index (χ0v) is 20.8. The van der Waals surface area contributed by atoms with Crippen LogP contribution < -0.4 is 19.1 Å². The molecule has 0 aliphatic carbocycles. The van der Waals surface area contributed by atoms with Crippen LogP contribution in [0.1, 0.15) is 45.4 Å². The van der Waals surface area contributed by atoms with Crippen LogP contribution in [0.4, 0.5) is 5.69 Å². The summed E-state index contributed by atoms with van der Waals surface area (Å²) in [4.78, 5) is 31.8. The van der Waals surface area contributed by atoms with E-state index >= 15 is 0 Å². The molecule has 1 aromatic heterocycles. The lowest BCUT2D eigenvalue weighted by Gasteiger charge is -2.31. The first-order valence-electron chi connectivity index (χ1n) is 11.3. The third-order valence-electron chi connectivity index (χ3n) is 5.35. The van der Waals surface area contributed by atoms with Gasteiger partial charge in [-0.05, 0) is 31.4 Å².